The van der Waals surface area contributed by atoms with Gasteiger partial charge in [-0.3, -0.25) is 14.5 Å². The molecule has 31 heavy (non-hydrogen) atoms. The summed E-state index contributed by atoms with van der Waals surface area (Å²) in [7, 11) is 0. The second-order valence-electron chi connectivity index (χ2n) is 7.61. The zero-order valence-corrected chi connectivity index (χ0v) is 17.2. The average molecular weight is 421 g/mol. The van der Waals surface area contributed by atoms with Gasteiger partial charge in [-0.15, -0.1) is 0 Å². The van der Waals surface area contributed by atoms with Gasteiger partial charge in [0.15, 0.2) is 6.10 Å². The lowest BCUT2D eigenvalue weighted by Crippen LogP contribution is -2.42. The first-order valence-corrected chi connectivity index (χ1v) is 10.2. The minimum atomic E-state index is -0.951. The number of urea groups is 1. The molecule has 1 N–H and O–H groups in total. The molecule has 8 nitrogen and oxygen atoms in total. The third-order valence-electron chi connectivity index (χ3n) is 5.45. The van der Waals surface area contributed by atoms with Gasteiger partial charge in [0.05, 0.1) is 18.7 Å². The van der Waals surface area contributed by atoms with E-state index in [1.807, 2.05) is 24.3 Å². The first-order valence-electron chi connectivity index (χ1n) is 10.2. The molecule has 2 heterocycles. The number of carbonyl (C=O) groups excluding carboxylic acids is 4. The average Bonchev–Trinajstić information content (AvgIpc) is 3.10. The van der Waals surface area contributed by atoms with E-state index in [1.165, 1.54) is 0 Å². The van der Waals surface area contributed by atoms with E-state index in [0.29, 0.717) is 12.1 Å². The molecule has 0 saturated carbocycles. The zero-order chi connectivity index (χ0) is 22.0. The number of hydrogen-bond donors (Lipinski definition) is 1. The highest BCUT2D eigenvalue weighted by Crippen LogP contribution is 2.27. The monoisotopic (exact) mass is 421 g/mol. The predicted octanol–water partition coefficient (Wildman–Crippen LogP) is 2.26. The van der Waals surface area contributed by atoms with Crippen LogP contribution in [0.4, 0.5) is 10.5 Å². The zero-order valence-electron chi connectivity index (χ0n) is 17.2. The number of imide groups is 1. The van der Waals surface area contributed by atoms with Gasteiger partial charge in [0.25, 0.3) is 5.91 Å². The summed E-state index contributed by atoms with van der Waals surface area (Å²) in [5.41, 5.74) is 2.83. The SMILES string of the molecule is CC(OC(=O)c1cccc(CN2C(=O)CNC2=O)c1)C(=O)N1CCCc2ccccc21. The maximum Gasteiger partial charge on any atom is 0.338 e. The number of carbonyl (C=O) groups is 4. The minimum absolute atomic E-state index is 0.0280. The summed E-state index contributed by atoms with van der Waals surface area (Å²) in [6.07, 6.45) is 0.820. The van der Waals surface area contributed by atoms with Gasteiger partial charge >= 0.3 is 12.0 Å². The van der Waals surface area contributed by atoms with Gasteiger partial charge in [-0.25, -0.2) is 9.59 Å². The molecule has 0 bridgehead atoms. The standard InChI is InChI=1S/C23H23N3O5/c1-15(21(28)25-11-5-9-17-7-2-3-10-19(17)25)31-22(29)18-8-4-6-16(12-18)14-26-20(27)13-24-23(26)30/h2-4,6-8,10,12,15H,5,9,11,13-14H2,1H3,(H,24,30). The van der Waals surface area contributed by atoms with Crippen LogP contribution in [-0.4, -0.2) is 47.9 Å². The Kier molecular flexibility index (Phi) is 5.70. The van der Waals surface area contributed by atoms with Gasteiger partial charge < -0.3 is 15.0 Å². The van der Waals surface area contributed by atoms with Crippen molar-refractivity contribution in [2.24, 2.45) is 0 Å². The number of hydrogen-bond acceptors (Lipinski definition) is 5. The Morgan fingerprint density at radius 2 is 1.94 bits per heavy atom. The molecule has 1 unspecified atom stereocenters. The molecule has 2 aromatic carbocycles. The van der Waals surface area contributed by atoms with Crippen molar-refractivity contribution in [2.45, 2.75) is 32.4 Å². The normalized spacial score (nSPS) is 16.5. The molecule has 4 amide bonds. The molecule has 1 saturated heterocycles. The van der Waals surface area contributed by atoms with Gasteiger partial charge in [-0.2, -0.15) is 0 Å². The van der Waals surface area contributed by atoms with E-state index in [0.717, 1.165) is 29.0 Å². The third kappa shape index (κ3) is 4.28. The Morgan fingerprint density at radius 1 is 1.13 bits per heavy atom. The van der Waals surface area contributed by atoms with E-state index in [9.17, 15) is 19.2 Å². The van der Waals surface area contributed by atoms with Crippen molar-refractivity contribution in [2.75, 3.05) is 18.0 Å². The fourth-order valence-corrected chi connectivity index (χ4v) is 3.86. The highest BCUT2D eigenvalue weighted by atomic mass is 16.5. The number of para-hydroxylation sites is 1. The quantitative estimate of drug-likeness (QED) is 0.590. The van der Waals surface area contributed by atoms with Crippen LogP contribution in [0, 0.1) is 0 Å². The van der Waals surface area contributed by atoms with Crippen LogP contribution in [0.1, 0.15) is 34.8 Å². The highest BCUT2D eigenvalue weighted by molar-refractivity contribution is 6.02. The van der Waals surface area contributed by atoms with Gasteiger partial charge in [-0.05, 0) is 49.1 Å². The first kappa shape index (κ1) is 20.6. The second kappa shape index (κ2) is 8.59. The third-order valence-corrected chi connectivity index (χ3v) is 5.45. The van der Waals surface area contributed by atoms with Gasteiger partial charge in [0, 0.05) is 12.2 Å². The van der Waals surface area contributed by atoms with Gasteiger partial charge in [0.2, 0.25) is 5.91 Å². The number of aryl methyl sites for hydroxylation is 1. The summed E-state index contributed by atoms with van der Waals surface area (Å²) in [6, 6.07) is 13.8. The maximum atomic E-state index is 13.0. The number of fused-ring (bicyclic) bond motifs is 1. The van der Waals surface area contributed by atoms with Crippen molar-refractivity contribution in [3.05, 3.63) is 65.2 Å². The lowest BCUT2D eigenvalue weighted by atomic mass is 10.0. The van der Waals surface area contributed by atoms with Crippen molar-refractivity contribution >= 4 is 29.5 Å². The Labute approximate surface area is 179 Å². The molecule has 4 rings (SSSR count). The summed E-state index contributed by atoms with van der Waals surface area (Å²) in [4.78, 5) is 51.9. The molecule has 8 heteroatoms. The van der Waals surface area contributed by atoms with Crippen LogP contribution < -0.4 is 10.2 Å². The molecule has 2 aromatic rings. The number of anilines is 1. The first-order chi connectivity index (χ1) is 14.9. The number of ether oxygens (including phenoxy) is 1. The molecule has 2 aliphatic heterocycles. The second-order valence-corrected chi connectivity index (χ2v) is 7.61. The molecule has 0 radical (unpaired) electrons. The molecule has 1 fully saturated rings. The fraction of sp³-hybridized carbons (Fsp3) is 0.304. The van der Waals surface area contributed by atoms with E-state index in [4.69, 9.17) is 4.74 Å². The van der Waals surface area contributed by atoms with E-state index in [1.54, 1.807) is 36.1 Å². The van der Waals surface area contributed by atoms with Gasteiger partial charge in [0.1, 0.15) is 0 Å². The molecule has 2 aliphatic rings. The van der Waals surface area contributed by atoms with E-state index >= 15 is 0 Å². The molecule has 0 spiro atoms. The summed E-state index contributed by atoms with van der Waals surface area (Å²) in [6.45, 7) is 2.18. The van der Waals surface area contributed by atoms with Crippen molar-refractivity contribution < 1.29 is 23.9 Å². The summed E-state index contributed by atoms with van der Waals surface area (Å²) in [5, 5.41) is 2.46. The summed E-state index contributed by atoms with van der Waals surface area (Å²) >= 11 is 0. The van der Waals surface area contributed by atoms with E-state index in [2.05, 4.69) is 5.32 Å². The van der Waals surface area contributed by atoms with Crippen LogP contribution in [-0.2, 0) is 27.3 Å². The molecule has 1 atom stereocenters. The lowest BCUT2D eigenvalue weighted by molar-refractivity contribution is -0.126. The highest BCUT2D eigenvalue weighted by Gasteiger charge is 2.30. The number of nitrogens with one attached hydrogen (secondary N) is 1. The summed E-state index contributed by atoms with van der Waals surface area (Å²) < 4.78 is 5.44. The topological polar surface area (TPSA) is 96.0 Å². The largest absolute Gasteiger partial charge is 0.449 e. The van der Waals surface area contributed by atoms with Crippen LogP contribution in [0.5, 0.6) is 0 Å². The van der Waals surface area contributed by atoms with E-state index < -0.39 is 18.1 Å². The van der Waals surface area contributed by atoms with Crippen LogP contribution >= 0.6 is 0 Å². The number of nitrogens with zero attached hydrogens (tertiary/aromatic N) is 2. The van der Waals surface area contributed by atoms with Crippen LogP contribution in [0.15, 0.2) is 48.5 Å². The lowest BCUT2D eigenvalue weighted by Gasteiger charge is -2.31. The van der Waals surface area contributed by atoms with E-state index in [-0.39, 0.29) is 30.5 Å². The van der Waals surface area contributed by atoms with Crippen LogP contribution in [0.25, 0.3) is 0 Å². The molecular formula is C23H23N3O5. The fourth-order valence-electron chi connectivity index (χ4n) is 3.86. The van der Waals surface area contributed by atoms with Crippen LogP contribution in [0.3, 0.4) is 0 Å². The maximum absolute atomic E-state index is 13.0. The Balaban J connectivity index is 1.43. The molecule has 0 aromatic heterocycles. The Morgan fingerprint density at radius 3 is 2.71 bits per heavy atom. The molecule has 0 aliphatic carbocycles. The van der Waals surface area contributed by atoms with Crippen molar-refractivity contribution in [3.63, 3.8) is 0 Å². The van der Waals surface area contributed by atoms with Crippen molar-refractivity contribution in [1.29, 1.82) is 0 Å². The van der Waals surface area contributed by atoms with Gasteiger partial charge in [-0.1, -0.05) is 30.3 Å². The number of esters is 1. The number of amides is 4. The van der Waals surface area contributed by atoms with Crippen LogP contribution in [0.2, 0.25) is 0 Å². The smallest absolute Gasteiger partial charge is 0.338 e. The Hall–Kier alpha value is -3.68. The molecule has 160 valence electrons. The number of benzene rings is 2. The molecular weight excluding hydrogens is 398 g/mol. The number of rotatable bonds is 5. The van der Waals surface area contributed by atoms with Crippen molar-refractivity contribution in [3.8, 4) is 0 Å². The van der Waals surface area contributed by atoms with Crippen molar-refractivity contribution in [1.82, 2.24) is 10.2 Å². The predicted molar refractivity (Wildman–Crippen MR) is 112 cm³/mol. The summed E-state index contributed by atoms with van der Waals surface area (Å²) in [5.74, 6) is -1.22. The minimum Gasteiger partial charge on any atom is -0.449 e. The Bertz CT molecular complexity index is 1040.